The van der Waals surface area contributed by atoms with Crippen LogP contribution in [0.2, 0.25) is 0 Å². The first kappa shape index (κ1) is 68.7. The average molecular weight is 1020 g/mol. The largest absolute Gasteiger partial charge is 0.394 e. The van der Waals surface area contributed by atoms with Gasteiger partial charge in [-0.05, 0) is 32.1 Å². The Kier molecular flexibility index (Phi) is 50.6. The molecule has 72 heavy (non-hydrogen) atoms. The van der Waals surface area contributed by atoms with E-state index in [-0.39, 0.29) is 12.5 Å². The van der Waals surface area contributed by atoms with Crippen LogP contribution in [0.5, 0.6) is 0 Å². The SMILES string of the molecule is CCCCC/C=C/CC/C=C/C(O)C(COC1OC(CO)C(O)C(O)C1O)NC(=O)CCCCCCCCCCCCCCCCCCCCCCCCCCCCCCCCCCCCCCCCCC. The van der Waals surface area contributed by atoms with Gasteiger partial charge >= 0.3 is 0 Å². The molecule has 7 unspecified atom stereocenters. The molecule has 0 aromatic heterocycles. The van der Waals surface area contributed by atoms with Crippen LogP contribution < -0.4 is 5.32 Å². The molecule has 1 rings (SSSR count). The lowest BCUT2D eigenvalue weighted by molar-refractivity contribution is -0.302. The monoisotopic (exact) mass is 1020 g/mol. The summed E-state index contributed by atoms with van der Waals surface area (Å²) in [4.78, 5) is 13.0. The van der Waals surface area contributed by atoms with Crippen molar-refractivity contribution < 1.29 is 39.8 Å². The summed E-state index contributed by atoms with van der Waals surface area (Å²) in [5, 5.41) is 54.2. The minimum Gasteiger partial charge on any atom is -0.394 e. The second kappa shape index (κ2) is 53.1. The Labute approximate surface area is 445 Å². The summed E-state index contributed by atoms with van der Waals surface area (Å²) in [7, 11) is 0. The third kappa shape index (κ3) is 41.9. The smallest absolute Gasteiger partial charge is 0.220 e. The fourth-order valence-corrected chi connectivity index (χ4v) is 10.3. The molecule has 0 bridgehead atoms. The molecule has 1 saturated heterocycles. The molecule has 7 atom stereocenters. The highest BCUT2D eigenvalue weighted by Gasteiger charge is 2.44. The van der Waals surface area contributed by atoms with Crippen molar-refractivity contribution in [3.8, 4) is 0 Å². The van der Waals surface area contributed by atoms with Gasteiger partial charge in [0, 0.05) is 6.42 Å². The van der Waals surface area contributed by atoms with Crippen LogP contribution in [0.1, 0.15) is 316 Å². The Bertz CT molecular complexity index is 1180. The number of carbonyl (C=O) groups is 1. The van der Waals surface area contributed by atoms with Gasteiger partial charge in [0.25, 0.3) is 0 Å². The summed E-state index contributed by atoms with van der Waals surface area (Å²) in [5.74, 6) is -0.184. The van der Waals surface area contributed by atoms with Crippen molar-refractivity contribution in [1.82, 2.24) is 5.32 Å². The average Bonchev–Trinajstić information content (AvgIpc) is 3.38. The summed E-state index contributed by atoms with van der Waals surface area (Å²) in [5.41, 5.74) is 0. The number of nitrogens with one attached hydrogen (secondary N) is 1. The fraction of sp³-hybridized carbons (Fsp3) is 0.921. The standard InChI is InChI=1S/C63H121NO8/c1-3-5-7-9-11-13-14-15-16-17-18-19-20-21-22-23-24-25-26-27-28-29-30-31-32-33-34-35-36-37-38-39-40-41-42-43-45-47-49-51-53-59(67)64-56(57(66)52-50-48-46-44-12-10-8-6-4-2)55-71-63-62(70)61(69)60(68)58(54-65)72-63/h12,44,50,52,56-58,60-63,65-66,68-70H,3-11,13-43,45-49,51,53-55H2,1-2H3,(H,64,67)/b44-12+,52-50+. The number of unbranched alkanes of at least 4 members (excludes halogenated alkanes) is 43. The summed E-state index contributed by atoms with van der Waals surface area (Å²) >= 11 is 0. The topological polar surface area (TPSA) is 149 Å². The predicted octanol–water partition coefficient (Wildman–Crippen LogP) is 16.1. The maximum Gasteiger partial charge on any atom is 0.220 e. The normalized spacial score (nSPS) is 19.2. The molecule has 0 radical (unpaired) electrons. The Balaban J connectivity index is 1.96. The predicted molar refractivity (Wildman–Crippen MR) is 304 cm³/mol. The van der Waals surface area contributed by atoms with Gasteiger partial charge in [-0.15, -0.1) is 0 Å². The molecular formula is C63H121NO8. The number of rotatable bonds is 55. The highest BCUT2D eigenvalue weighted by atomic mass is 16.7. The molecule has 6 N–H and O–H groups in total. The van der Waals surface area contributed by atoms with Gasteiger partial charge in [0.1, 0.15) is 24.4 Å². The van der Waals surface area contributed by atoms with Crippen molar-refractivity contribution in [3.05, 3.63) is 24.3 Å². The van der Waals surface area contributed by atoms with Gasteiger partial charge in [0.2, 0.25) is 5.91 Å². The molecule has 1 amide bonds. The number of aliphatic hydroxyl groups is 5. The van der Waals surface area contributed by atoms with Crippen LogP contribution in [-0.4, -0.2) is 87.5 Å². The Hall–Kier alpha value is -1.33. The zero-order valence-electron chi connectivity index (χ0n) is 47.5. The van der Waals surface area contributed by atoms with E-state index in [0.29, 0.717) is 6.42 Å². The van der Waals surface area contributed by atoms with E-state index in [0.717, 1.165) is 38.5 Å². The van der Waals surface area contributed by atoms with Crippen molar-refractivity contribution in [3.63, 3.8) is 0 Å². The lowest BCUT2D eigenvalue weighted by atomic mass is 9.99. The number of hydrogen-bond acceptors (Lipinski definition) is 8. The number of hydrogen-bond donors (Lipinski definition) is 6. The molecule has 0 spiro atoms. The highest BCUT2D eigenvalue weighted by Crippen LogP contribution is 2.23. The summed E-state index contributed by atoms with van der Waals surface area (Å²) in [6, 6.07) is -0.816. The zero-order valence-corrected chi connectivity index (χ0v) is 47.5. The van der Waals surface area contributed by atoms with Crippen molar-refractivity contribution >= 4 is 5.91 Å². The van der Waals surface area contributed by atoms with Gasteiger partial charge in [0.15, 0.2) is 6.29 Å². The minimum absolute atomic E-state index is 0.184. The van der Waals surface area contributed by atoms with E-state index < -0.39 is 49.5 Å². The van der Waals surface area contributed by atoms with Gasteiger partial charge in [0.05, 0.1) is 25.4 Å². The first-order chi connectivity index (χ1) is 35.3. The molecule has 0 aromatic carbocycles. The van der Waals surface area contributed by atoms with E-state index in [4.69, 9.17) is 9.47 Å². The van der Waals surface area contributed by atoms with Crippen LogP contribution in [0.4, 0.5) is 0 Å². The van der Waals surface area contributed by atoms with Gasteiger partial charge in [-0.1, -0.05) is 301 Å². The second-order valence-electron chi connectivity index (χ2n) is 22.2. The third-order valence-corrected chi connectivity index (χ3v) is 15.3. The molecule has 0 saturated carbocycles. The van der Waals surface area contributed by atoms with Gasteiger partial charge < -0.3 is 40.3 Å². The first-order valence-corrected chi connectivity index (χ1v) is 31.6. The van der Waals surface area contributed by atoms with Gasteiger partial charge in [-0.2, -0.15) is 0 Å². The molecule has 0 aliphatic carbocycles. The van der Waals surface area contributed by atoms with Crippen molar-refractivity contribution in [2.75, 3.05) is 13.2 Å². The van der Waals surface area contributed by atoms with E-state index in [1.54, 1.807) is 6.08 Å². The minimum atomic E-state index is -1.57. The Morgan fingerprint density at radius 2 is 0.792 bits per heavy atom. The van der Waals surface area contributed by atoms with E-state index in [1.165, 1.54) is 257 Å². The number of carbonyl (C=O) groups excluding carboxylic acids is 1. The number of allylic oxidation sites excluding steroid dienone is 3. The third-order valence-electron chi connectivity index (χ3n) is 15.3. The fourth-order valence-electron chi connectivity index (χ4n) is 10.3. The van der Waals surface area contributed by atoms with Crippen LogP contribution in [0.25, 0.3) is 0 Å². The summed E-state index contributed by atoms with van der Waals surface area (Å²) in [6.07, 6.45) is 61.9. The highest BCUT2D eigenvalue weighted by molar-refractivity contribution is 5.76. The second-order valence-corrected chi connectivity index (χ2v) is 22.2. The number of ether oxygens (including phenoxy) is 2. The molecule has 1 fully saturated rings. The molecular weight excluding hydrogens is 899 g/mol. The molecule has 1 aliphatic rings. The quantitative estimate of drug-likeness (QED) is 0.0261. The summed E-state index contributed by atoms with van der Waals surface area (Å²) in [6.45, 7) is 3.73. The van der Waals surface area contributed by atoms with Crippen LogP contribution in [0, 0.1) is 0 Å². The van der Waals surface area contributed by atoms with E-state index in [9.17, 15) is 30.3 Å². The lowest BCUT2D eigenvalue weighted by Crippen LogP contribution is -2.60. The molecule has 1 heterocycles. The van der Waals surface area contributed by atoms with Crippen molar-refractivity contribution in [2.45, 2.75) is 358 Å². The molecule has 9 heteroatoms. The van der Waals surface area contributed by atoms with Gasteiger partial charge in [-0.25, -0.2) is 0 Å². The molecule has 9 nitrogen and oxygen atoms in total. The summed E-state index contributed by atoms with van der Waals surface area (Å²) < 4.78 is 11.2. The lowest BCUT2D eigenvalue weighted by Gasteiger charge is -2.40. The van der Waals surface area contributed by atoms with Crippen LogP contribution in [0.15, 0.2) is 24.3 Å². The molecule has 0 aromatic rings. The maximum absolute atomic E-state index is 13.0. The van der Waals surface area contributed by atoms with E-state index in [2.05, 4.69) is 31.3 Å². The van der Waals surface area contributed by atoms with Crippen LogP contribution in [0.3, 0.4) is 0 Å². The first-order valence-electron chi connectivity index (χ1n) is 31.6. The molecule has 1 aliphatic heterocycles. The van der Waals surface area contributed by atoms with Crippen molar-refractivity contribution in [2.24, 2.45) is 0 Å². The van der Waals surface area contributed by atoms with Gasteiger partial charge in [-0.3, -0.25) is 4.79 Å². The zero-order chi connectivity index (χ0) is 52.2. The maximum atomic E-state index is 13.0. The molecule has 426 valence electrons. The Morgan fingerprint density at radius 1 is 0.458 bits per heavy atom. The Morgan fingerprint density at radius 3 is 1.17 bits per heavy atom. The van der Waals surface area contributed by atoms with E-state index in [1.807, 2.05) is 6.08 Å². The van der Waals surface area contributed by atoms with E-state index >= 15 is 0 Å². The van der Waals surface area contributed by atoms with Crippen LogP contribution in [-0.2, 0) is 14.3 Å². The van der Waals surface area contributed by atoms with Crippen LogP contribution >= 0.6 is 0 Å². The number of aliphatic hydroxyl groups excluding tert-OH is 5. The number of amides is 1. The van der Waals surface area contributed by atoms with Crippen molar-refractivity contribution in [1.29, 1.82) is 0 Å².